The highest BCUT2D eigenvalue weighted by Crippen LogP contribution is 2.31. The SMILES string of the molecule is CCOC(=O)C(=Cc1ccc(OCCC(C)C)c(OC)c1)c1nc2sc(C)c(C)c2c(=O)[nH]1. The number of hydrogen-bond acceptors (Lipinski definition) is 7. The highest BCUT2D eigenvalue weighted by atomic mass is 32.1. The Morgan fingerprint density at radius 1 is 1.24 bits per heavy atom. The van der Waals surface area contributed by atoms with E-state index in [0.29, 0.717) is 39.8 Å². The molecule has 0 amide bonds. The van der Waals surface area contributed by atoms with E-state index in [1.54, 1.807) is 32.2 Å². The average molecular weight is 471 g/mol. The molecule has 176 valence electrons. The Balaban J connectivity index is 2.04. The van der Waals surface area contributed by atoms with Crippen LogP contribution in [0.5, 0.6) is 11.5 Å². The smallest absolute Gasteiger partial charge is 0.341 e. The Bertz CT molecular complexity index is 1240. The van der Waals surface area contributed by atoms with Gasteiger partial charge in [0.15, 0.2) is 11.5 Å². The zero-order valence-corrected chi connectivity index (χ0v) is 20.7. The molecule has 3 aromatic rings. The maximum Gasteiger partial charge on any atom is 0.341 e. The summed E-state index contributed by atoms with van der Waals surface area (Å²) < 4.78 is 16.6. The lowest BCUT2D eigenvalue weighted by Gasteiger charge is -2.13. The van der Waals surface area contributed by atoms with Crippen molar-refractivity contribution in [3.05, 3.63) is 50.4 Å². The van der Waals surface area contributed by atoms with Crippen molar-refractivity contribution in [2.24, 2.45) is 5.92 Å². The van der Waals surface area contributed by atoms with Crippen molar-refractivity contribution in [1.82, 2.24) is 9.97 Å². The summed E-state index contributed by atoms with van der Waals surface area (Å²) in [5, 5.41) is 0.550. The molecular weight excluding hydrogens is 440 g/mol. The van der Waals surface area contributed by atoms with Crippen LogP contribution in [-0.2, 0) is 9.53 Å². The van der Waals surface area contributed by atoms with E-state index in [2.05, 4.69) is 23.8 Å². The number of esters is 1. The summed E-state index contributed by atoms with van der Waals surface area (Å²) >= 11 is 1.43. The molecule has 0 bridgehead atoms. The molecule has 1 N–H and O–H groups in total. The number of methoxy groups -OCH3 is 1. The second-order valence-electron chi connectivity index (χ2n) is 8.10. The van der Waals surface area contributed by atoms with Gasteiger partial charge in [-0.2, -0.15) is 0 Å². The first-order valence-corrected chi connectivity index (χ1v) is 11.8. The van der Waals surface area contributed by atoms with Gasteiger partial charge in [-0.15, -0.1) is 11.3 Å². The normalized spacial score (nSPS) is 11.8. The van der Waals surface area contributed by atoms with E-state index in [1.165, 1.54) is 11.3 Å². The summed E-state index contributed by atoms with van der Waals surface area (Å²) in [5.74, 6) is 1.32. The zero-order valence-electron chi connectivity index (χ0n) is 19.9. The first-order chi connectivity index (χ1) is 15.7. The topological polar surface area (TPSA) is 90.5 Å². The number of aryl methyl sites for hydroxylation is 2. The summed E-state index contributed by atoms with van der Waals surface area (Å²) in [7, 11) is 1.57. The molecule has 0 radical (unpaired) electrons. The fourth-order valence-electron chi connectivity index (χ4n) is 3.28. The quantitative estimate of drug-likeness (QED) is 0.344. The van der Waals surface area contributed by atoms with Crippen molar-refractivity contribution in [2.75, 3.05) is 20.3 Å². The lowest BCUT2D eigenvalue weighted by Crippen LogP contribution is -2.15. The molecular formula is C25H30N2O5S. The molecule has 0 atom stereocenters. The summed E-state index contributed by atoms with van der Waals surface area (Å²) in [5.41, 5.74) is 1.47. The number of ether oxygens (including phenoxy) is 3. The van der Waals surface area contributed by atoms with Gasteiger partial charge in [0.25, 0.3) is 5.56 Å². The molecule has 0 fully saturated rings. The molecule has 8 heteroatoms. The highest BCUT2D eigenvalue weighted by Gasteiger charge is 2.20. The number of aromatic nitrogens is 2. The Morgan fingerprint density at radius 2 is 2.00 bits per heavy atom. The molecule has 0 unspecified atom stereocenters. The zero-order chi connectivity index (χ0) is 24.1. The van der Waals surface area contributed by atoms with E-state index in [9.17, 15) is 9.59 Å². The van der Waals surface area contributed by atoms with Crippen LogP contribution in [0.25, 0.3) is 21.9 Å². The van der Waals surface area contributed by atoms with Crippen molar-refractivity contribution in [2.45, 2.75) is 41.0 Å². The fraction of sp³-hybridized carbons (Fsp3) is 0.400. The fourth-order valence-corrected chi connectivity index (χ4v) is 4.31. The molecule has 33 heavy (non-hydrogen) atoms. The van der Waals surface area contributed by atoms with Crippen LogP contribution in [0, 0.1) is 19.8 Å². The van der Waals surface area contributed by atoms with Crippen molar-refractivity contribution in [1.29, 1.82) is 0 Å². The number of benzene rings is 1. The van der Waals surface area contributed by atoms with Crippen molar-refractivity contribution in [3.63, 3.8) is 0 Å². The molecule has 0 spiro atoms. The third-order valence-electron chi connectivity index (χ3n) is 5.24. The first kappa shape index (κ1) is 24.5. The lowest BCUT2D eigenvalue weighted by molar-refractivity contribution is -0.136. The number of fused-ring (bicyclic) bond motifs is 1. The maximum absolute atomic E-state index is 12.8. The van der Waals surface area contributed by atoms with E-state index < -0.39 is 5.97 Å². The monoisotopic (exact) mass is 470 g/mol. The molecule has 1 aromatic carbocycles. The Kier molecular flexibility index (Phi) is 7.92. The predicted molar refractivity (Wildman–Crippen MR) is 132 cm³/mol. The van der Waals surface area contributed by atoms with Gasteiger partial charge >= 0.3 is 5.97 Å². The second-order valence-corrected chi connectivity index (χ2v) is 9.30. The van der Waals surface area contributed by atoms with Crippen LogP contribution in [0.2, 0.25) is 0 Å². The van der Waals surface area contributed by atoms with Crippen LogP contribution in [0.1, 0.15) is 49.0 Å². The average Bonchev–Trinajstić information content (AvgIpc) is 3.06. The molecule has 0 aliphatic heterocycles. The number of rotatable bonds is 9. The van der Waals surface area contributed by atoms with Gasteiger partial charge in [0, 0.05) is 4.88 Å². The van der Waals surface area contributed by atoms with E-state index in [0.717, 1.165) is 16.9 Å². The molecule has 2 aromatic heterocycles. The minimum atomic E-state index is -0.568. The van der Waals surface area contributed by atoms with Gasteiger partial charge in [-0.1, -0.05) is 19.9 Å². The maximum atomic E-state index is 12.8. The van der Waals surface area contributed by atoms with Gasteiger partial charge in [-0.25, -0.2) is 9.78 Å². The minimum absolute atomic E-state index is 0.162. The highest BCUT2D eigenvalue weighted by molar-refractivity contribution is 7.18. The van der Waals surface area contributed by atoms with Gasteiger partial charge in [0.1, 0.15) is 16.2 Å². The van der Waals surface area contributed by atoms with Crippen LogP contribution in [-0.4, -0.2) is 36.3 Å². The molecule has 0 saturated carbocycles. The number of nitrogens with zero attached hydrogens (tertiary/aromatic N) is 1. The van der Waals surface area contributed by atoms with Crippen LogP contribution in [0.15, 0.2) is 23.0 Å². The second kappa shape index (κ2) is 10.7. The molecule has 7 nitrogen and oxygen atoms in total. The van der Waals surface area contributed by atoms with Crippen LogP contribution < -0.4 is 15.0 Å². The van der Waals surface area contributed by atoms with Gasteiger partial charge in [0.05, 0.1) is 25.7 Å². The van der Waals surface area contributed by atoms with Crippen LogP contribution in [0.4, 0.5) is 0 Å². The number of carbonyl (C=O) groups excluding carboxylic acids is 1. The molecule has 0 aliphatic rings. The third-order valence-corrected chi connectivity index (χ3v) is 6.34. The summed E-state index contributed by atoms with van der Waals surface area (Å²) in [6.07, 6.45) is 2.57. The first-order valence-electron chi connectivity index (χ1n) is 10.9. The van der Waals surface area contributed by atoms with E-state index in [-0.39, 0.29) is 23.6 Å². The summed E-state index contributed by atoms with van der Waals surface area (Å²) in [6.45, 7) is 10.6. The lowest BCUT2D eigenvalue weighted by atomic mass is 10.1. The Hall–Kier alpha value is -3.13. The minimum Gasteiger partial charge on any atom is -0.493 e. The molecule has 2 heterocycles. The Labute approximate surface area is 197 Å². The molecule has 3 rings (SSSR count). The summed E-state index contributed by atoms with van der Waals surface area (Å²) in [4.78, 5) is 34.5. The van der Waals surface area contributed by atoms with Crippen LogP contribution >= 0.6 is 11.3 Å². The van der Waals surface area contributed by atoms with Gasteiger partial charge in [-0.05, 0) is 62.4 Å². The van der Waals surface area contributed by atoms with E-state index in [1.807, 2.05) is 19.9 Å². The van der Waals surface area contributed by atoms with Gasteiger partial charge < -0.3 is 19.2 Å². The molecule has 0 aliphatic carbocycles. The van der Waals surface area contributed by atoms with Gasteiger partial charge in [-0.3, -0.25) is 4.79 Å². The third kappa shape index (κ3) is 5.63. The number of hydrogen-bond donors (Lipinski definition) is 1. The largest absolute Gasteiger partial charge is 0.493 e. The van der Waals surface area contributed by atoms with E-state index >= 15 is 0 Å². The van der Waals surface area contributed by atoms with Gasteiger partial charge in [0.2, 0.25) is 0 Å². The molecule has 0 saturated heterocycles. The standard InChI is InChI=1S/C25H30N2O5S/c1-7-31-25(29)18(22-26-23(28)21-15(4)16(5)33-24(21)27-22)12-17-8-9-19(20(13-17)30-6)32-11-10-14(2)3/h8-9,12-14H,7,10-11H2,1-6H3,(H,26,27,28). The number of aromatic amines is 1. The number of nitrogens with one attached hydrogen (secondary N) is 1. The van der Waals surface area contributed by atoms with Crippen molar-refractivity contribution >= 4 is 39.2 Å². The van der Waals surface area contributed by atoms with E-state index in [4.69, 9.17) is 14.2 Å². The van der Waals surface area contributed by atoms with Crippen molar-refractivity contribution < 1.29 is 19.0 Å². The number of thiophene rings is 1. The number of H-pyrrole nitrogens is 1. The predicted octanol–water partition coefficient (Wildman–Crippen LogP) is 5.14. The van der Waals surface area contributed by atoms with Crippen LogP contribution in [0.3, 0.4) is 0 Å². The number of carbonyl (C=O) groups is 1. The van der Waals surface area contributed by atoms with Crippen molar-refractivity contribution in [3.8, 4) is 11.5 Å². The summed E-state index contributed by atoms with van der Waals surface area (Å²) in [6, 6.07) is 5.40. The Morgan fingerprint density at radius 3 is 2.67 bits per heavy atom.